The topological polar surface area (TPSA) is 61.8 Å². The van der Waals surface area contributed by atoms with Gasteiger partial charge in [-0.2, -0.15) is 0 Å². The number of fused-ring (bicyclic) bond motifs is 1. The lowest BCUT2D eigenvalue weighted by Gasteiger charge is -2.40. The van der Waals surface area contributed by atoms with Crippen molar-refractivity contribution in [1.82, 2.24) is 14.9 Å². The fourth-order valence-electron chi connectivity index (χ4n) is 4.98. The Hall–Kier alpha value is -3.42. The zero-order valence-electron chi connectivity index (χ0n) is 20.2. The molecule has 2 aromatic carbocycles. The predicted molar refractivity (Wildman–Crippen MR) is 135 cm³/mol. The van der Waals surface area contributed by atoms with Crippen molar-refractivity contribution >= 4 is 28.4 Å². The molecule has 0 radical (unpaired) electrons. The number of nitrogens with zero attached hydrogens (tertiary/aromatic N) is 5. The van der Waals surface area contributed by atoms with Crippen molar-refractivity contribution in [3.8, 4) is 5.88 Å². The quantitative estimate of drug-likeness (QED) is 0.532. The van der Waals surface area contributed by atoms with Gasteiger partial charge in [0.25, 0.3) is 5.88 Å². The standard InChI is InChI=1S/C27H32FN5O2/c1-2-18-35-26-25(29-22-10-4-5-11-23(22)30-26)33-13-7-8-20(19-33)27(34)32-16-14-31(15-17-32)24-12-6-3-9-21(24)28/h3-6,9-12,20H,2,7-8,13-19H2,1H3/t20-/m0/s1. The van der Waals surface area contributed by atoms with Crippen LogP contribution in [0.25, 0.3) is 11.0 Å². The molecule has 2 fully saturated rings. The number of piperidine rings is 1. The SMILES string of the molecule is CCCOc1nc2ccccc2nc1N1CCC[C@H](C(=O)N2CCN(c3ccccc3F)CC2)C1. The summed E-state index contributed by atoms with van der Waals surface area (Å²) in [5, 5.41) is 0. The van der Waals surface area contributed by atoms with Crippen LogP contribution >= 0.6 is 0 Å². The number of benzene rings is 2. The van der Waals surface area contributed by atoms with Crippen molar-refractivity contribution in [3.05, 3.63) is 54.3 Å². The molecule has 0 N–H and O–H groups in total. The van der Waals surface area contributed by atoms with E-state index in [1.54, 1.807) is 12.1 Å². The average Bonchev–Trinajstić information content (AvgIpc) is 2.91. The summed E-state index contributed by atoms with van der Waals surface area (Å²) in [7, 11) is 0. The van der Waals surface area contributed by atoms with Crippen LogP contribution in [0.1, 0.15) is 26.2 Å². The molecular formula is C27H32FN5O2. The molecule has 1 atom stereocenters. The van der Waals surface area contributed by atoms with Gasteiger partial charge < -0.3 is 19.4 Å². The van der Waals surface area contributed by atoms with Gasteiger partial charge in [0.15, 0.2) is 5.82 Å². The van der Waals surface area contributed by atoms with E-state index in [9.17, 15) is 9.18 Å². The maximum atomic E-state index is 14.2. The van der Waals surface area contributed by atoms with Crippen LogP contribution in [0.3, 0.4) is 0 Å². The van der Waals surface area contributed by atoms with Gasteiger partial charge in [-0.1, -0.05) is 31.2 Å². The lowest BCUT2D eigenvalue weighted by Crippen LogP contribution is -2.53. The first-order chi connectivity index (χ1) is 17.1. The molecule has 0 aliphatic carbocycles. The maximum absolute atomic E-state index is 14.2. The number of ether oxygens (including phenoxy) is 1. The van der Waals surface area contributed by atoms with Gasteiger partial charge in [-0.15, -0.1) is 0 Å². The number of carbonyl (C=O) groups excluding carboxylic acids is 1. The minimum Gasteiger partial charge on any atom is -0.475 e. The first-order valence-corrected chi connectivity index (χ1v) is 12.6. The van der Waals surface area contributed by atoms with Crippen LogP contribution in [-0.4, -0.2) is 66.7 Å². The Bertz CT molecular complexity index is 1180. The van der Waals surface area contributed by atoms with Gasteiger partial charge in [-0.05, 0) is 43.5 Å². The fraction of sp³-hybridized carbons (Fsp3) is 0.444. The molecule has 3 aromatic rings. The van der Waals surface area contributed by atoms with E-state index in [1.165, 1.54) is 6.07 Å². The van der Waals surface area contributed by atoms with E-state index in [2.05, 4.69) is 11.8 Å². The van der Waals surface area contributed by atoms with Crippen molar-refractivity contribution in [3.63, 3.8) is 0 Å². The lowest BCUT2D eigenvalue weighted by molar-refractivity contribution is -0.136. The molecular weight excluding hydrogens is 445 g/mol. The molecule has 1 aromatic heterocycles. The fourth-order valence-corrected chi connectivity index (χ4v) is 4.98. The number of amides is 1. The largest absolute Gasteiger partial charge is 0.475 e. The Kier molecular flexibility index (Phi) is 6.97. The second kappa shape index (κ2) is 10.5. The Labute approximate surface area is 205 Å². The van der Waals surface area contributed by atoms with Gasteiger partial charge in [0.1, 0.15) is 5.82 Å². The molecule has 5 rings (SSSR count). The number of para-hydroxylation sites is 3. The van der Waals surface area contributed by atoms with E-state index in [-0.39, 0.29) is 17.6 Å². The first kappa shape index (κ1) is 23.3. The third kappa shape index (κ3) is 5.01. The van der Waals surface area contributed by atoms with E-state index in [4.69, 9.17) is 14.7 Å². The number of halogens is 1. The van der Waals surface area contributed by atoms with Crippen LogP contribution in [0.4, 0.5) is 15.9 Å². The van der Waals surface area contributed by atoms with E-state index in [0.717, 1.165) is 42.7 Å². The summed E-state index contributed by atoms with van der Waals surface area (Å²) in [6.45, 7) is 6.53. The van der Waals surface area contributed by atoms with Gasteiger partial charge in [-0.25, -0.2) is 14.4 Å². The van der Waals surface area contributed by atoms with Crippen LogP contribution < -0.4 is 14.5 Å². The van der Waals surface area contributed by atoms with E-state index in [1.807, 2.05) is 40.1 Å². The molecule has 1 amide bonds. The Balaban J connectivity index is 1.28. The summed E-state index contributed by atoms with van der Waals surface area (Å²) in [5.41, 5.74) is 2.24. The summed E-state index contributed by atoms with van der Waals surface area (Å²) < 4.78 is 20.2. The zero-order valence-corrected chi connectivity index (χ0v) is 20.2. The van der Waals surface area contributed by atoms with Crippen molar-refractivity contribution in [2.75, 3.05) is 55.7 Å². The smallest absolute Gasteiger partial charge is 0.258 e. The Morgan fingerprint density at radius 2 is 1.69 bits per heavy atom. The second-order valence-corrected chi connectivity index (χ2v) is 9.24. The van der Waals surface area contributed by atoms with Crippen LogP contribution in [0.5, 0.6) is 5.88 Å². The third-order valence-electron chi connectivity index (χ3n) is 6.82. The highest BCUT2D eigenvalue weighted by Gasteiger charge is 2.33. The Morgan fingerprint density at radius 1 is 0.971 bits per heavy atom. The van der Waals surface area contributed by atoms with E-state index in [0.29, 0.717) is 50.9 Å². The number of hydrogen-bond acceptors (Lipinski definition) is 6. The maximum Gasteiger partial charge on any atom is 0.258 e. The lowest BCUT2D eigenvalue weighted by atomic mass is 9.96. The molecule has 0 unspecified atom stereocenters. The summed E-state index contributed by atoms with van der Waals surface area (Å²) in [6, 6.07) is 14.6. The molecule has 8 heteroatoms. The van der Waals surface area contributed by atoms with Crippen LogP contribution in [-0.2, 0) is 4.79 Å². The first-order valence-electron chi connectivity index (χ1n) is 12.6. The normalized spacial score (nSPS) is 18.7. The Morgan fingerprint density at radius 3 is 2.43 bits per heavy atom. The molecule has 7 nitrogen and oxygen atoms in total. The van der Waals surface area contributed by atoms with Gasteiger partial charge in [0.05, 0.1) is 29.2 Å². The molecule has 2 aliphatic rings. The highest BCUT2D eigenvalue weighted by atomic mass is 19.1. The summed E-state index contributed by atoms with van der Waals surface area (Å²) in [4.78, 5) is 29.2. The molecule has 184 valence electrons. The number of carbonyl (C=O) groups is 1. The highest BCUT2D eigenvalue weighted by molar-refractivity contribution is 5.81. The monoisotopic (exact) mass is 477 g/mol. The van der Waals surface area contributed by atoms with Gasteiger partial charge >= 0.3 is 0 Å². The van der Waals surface area contributed by atoms with Gasteiger partial charge in [0.2, 0.25) is 5.91 Å². The van der Waals surface area contributed by atoms with Crippen LogP contribution in [0.15, 0.2) is 48.5 Å². The number of piperazine rings is 1. The number of rotatable bonds is 6. The molecule has 3 heterocycles. The summed E-state index contributed by atoms with van der Waals surface area (Å²) in [5.74, 6) is 1.12. The van der Waals surface area contributed by atoms with Crippen molar-refractivity contribution in [1.29, 1.82) is 0 Å². The highest BCUT2D eigenvalue weighted by Crippen LogP contribution is 2.31. The van der Waals surface area contributed by atoms with Crippen molar-refractivity contribution < 1.29 is 13.9 Å². The van der Waals surface area contributed by atoms with Gasteiger partial charge in [-0.3, -0.25) is 4.79 Å². The molecule has 0 bridgehead atoms. The predicted octanol–water partition coefficient (Wildman–Crippen LogP) is 4.12. The van der Waals surface area contributed by atoms with E-state index < -0.39 is 0 Å². The molecule has 0 saturated carbocycles. The third-order valence-corrected chi connectivity index (χ3v) is 6.82. The van der Waals surface area contributed by atoms with Crippen molar-refractivity contribution in [2.45, 2.75) is 26.2 Å². The molecule has 0 spiro atoms. The molecule has 2 saturated heterocycles. The minimum atomic E-state index is -0.215. The average molecular weight is 478 g/mol. The number of anilines is 2. The van der Waals surface area contributed by atoms with Crippen molar-refractivity contribution in [2.24, 2.45) is 5.92 Å². The zero-order chi connectivity index (χ0) is 24.2. The van der Waals surface area contributed by atoms with Gasteiger partial charge in [0, 0.05) is 39.3 Å². The van der Waals surface area contributed by atoms with Crippen LogP contribution in [0.2, 0.25) is 0 Å². The minimum absolute atomic E-state index is 0.101. The summed E-state index contributed by atoms with van der Waals surface area (Å²) in [6.07, 6.45) is 2.65. The molecule has 2 aliphatic heterocycles. The summed E-state index contributed by atoms with van der Waals surface area (Å²) >= 11 is 0. The van der Waals surface area contributed by atoms with Crippen LogP contribution in [0, 0.1) is 11.7 Å². The number of aromatic nitrogens is 2. The van der Waals surface area contributed by atoms with E-state index >= 15 is 0 Å². The number of hydrogen-bond donors (Lipinski definition) is 0. The second-order valence-electron chi connectivity index (χ2n) is 9.24. The molecule has 35 heavy (non-hydrogen) atoms.